The van der Waals surface area contributed by atoms with Crippen molar-refractivity contribution in [3.05, 3.63) is 133 Å². The van der Waals surface area contributed by atoms with E-state index >= 15 is 0 Å². The summed E-state index contributed by atoms with van der Waals surface area (Å²) in [5.41, 5.74) is 6.72. The van der Waals surface area contributed by atoms with Crippen LogP contribution in [0.2, 0.25) is 0 Å². The van der Waals surface area contributed by atoms with E-state index in [4.69, 9.17) is 0 Å². The smallest absolute Gasteiger partial charge is 0.00174 e. The van der Waals surface area contributed by atoms with Crippen LogP contribution in [0.15, 0.2) is 127 Å². The number of fused-ring (bicyclic) bond motifs is 4. The van der Waals surface area contributed by atoms with Crippen molar-refractivity contribution in [1.82, 2.24) is 0 Å². The maximum absolute atomic E-state index is 2.35. The first-order chi connectivity index (χ1) is 18.7. The highest BCUT2D eigenvalue weighted by molar-refractivity contribution is 6.25. The van der Waals surface area contributed by atoms with Crippen molar-refractivity contribution in [2.24, 2.45) is 5.92 Å². The van der Waals surface area contributed by atoms with E-state index in [9.17, 15) is 0 Å². The molecule has 0 amide bonds. The molecule has 0 atom stereocenters. The van der Waals surface area contributed by atoms with Crippen LogP contribution < -0.4 is 0 Å². The second-order valence-electron chi connectivity index (χ2n) is 10.8. The van der Waals surface area contributed by atoms with Gasteiger partial charge < -0.3 is 0 Å². The SMILES string of the molecule is CC(C)Cc1cccc2c(-c3cccc4ccccc34)c3ccccc3c(-c3cccc4ccccc34)c12. The van der Waals surface area contributed by atoms with Gasteiger partial charge in [0.2, 0.25) is 0 Å². The normalized spacial score (nSPS) is 11.8. The fraction of sp³-hybridized carbons (Fsp3) is 0.105. The lowest BCUT2D eigenvalue weighted by molar-refractivity contribution is 0.650. The fourth-order valence-corrected chi connectivity index (χ4v) is 6.37. The molecule has 0 saturated heterocycles. The van der Waals surface area contributed by atoms with Crippen molar-refractivity contribution in [3.63, 3.8) is 0 Å². The van der Waals surface area contributed by atoms with Gasteiger partial charge in [-0.15, -0.1) is 0 Å². The average molecular weight is 487 g/mol. The summed E-state index contributed by atoms with van der Waals surface area (Å²) in [5.74, 6) is 0.563. The maximum Gasteiger partial charge on any atom is -0.00174 e. The van der Waals surface area contributed by atoms with Crippen LogP contribution in [-0.4, -0.2) is 0 Å². The Morgan fingerprint density at radius 1 is 0.421 bits per heavy atom. The number of hydrogen-bond acceptors (Lipinski definition) is 0. The van der Waals surface area contributed by atoms with E-state index < -0.39 is 0 Å². The van der Waals surface area contributed by atoms with Crippen LogP contribution in [0.3, 0.4) is 0 Å². The third-order valence-corrected chi connectivity index (χ3v) is 7.88. The minimum Gasteiger partial charge on any atom is -0.0625 e. The summed E-state index contributed by atoms with van der Waals surface area (Å²) in [4.78, 5) is 0. The van der Waals surface area contributed by atoms with Gasteiger partial charge in [0.05, 0.1) is 0 Å². The zero-order valence-corrected chi connectivity index (χ0v) is 21.9. The third-order valence-electron chi connectivity index (χ3n) is 7.88. The molecular formula is C38H30. The van der Waals surface area contributed by atoms with Crippen LogP contribution in [0.25, 0.3) is 65.3 Å². The second kappa shape index (κ2) is 9.15. The minimum atomic E-state index is 0.563. The van der Waals surface area contributed by atoms with E-state index in [-0.39, 0.29) is 0 Å². The molecule has 0 unspecified atom stereocenters. The molecular weight excluding hydrogens is 456 g/mol. The second-order valence-corrected chi connectivity index (χ2v) is 10.8. The van der Waals surface area contributed by atoms with Gasteiger partial charge in [0.25, 0.3) is 0 Å². The molecule has 0 bridgehead atoms. The molecule has 7 rings (SSSR count). The molecule has 0 aliphatic carbocycles. The van der Waals surface area contributed by atoms with Gasteiger partial charge in [0.1, 0.15) is 0 Å². The average Bonchev–Trinajstić information content (AvgIpc) is 2.95. The predicted molar refractivity (Wildman–Crippen MR) is 166 cm³/mol. The Morgan fingerprint density at radius 2 is 0.868 bits per heavy atom. The van der Waals surface area contributed by atoms with Gasteiger partial charge in [-0.3, -0.25) is 0 Å². The van der Waals surface area contributed by atoms with Crippen LogP contribution in [0.1, 0.15) is 19.4 Å². The highest BCUT2D eigenvalue weighted by Gasteiger charge is 2.21. The van der Waals surface area contributed by atoms with Crippen molar-refractivity contribution >= 4 is 43.1 Å². The summed E-state index contributed by atoms with van der Waals surface area (Å²) in [7, 11) is 0. The predicted octanol–water partition coefficient (Wildman–Crippen LogP) is 10.8. The first-order valence-electron chi connectivity index (χ1n) is 13.6. The Bertz CT molecular complexity index is 1960. The van der Waals surface area contributed by atoms with E-state index in [1.54, 1.807) is 0 Å². The topological polar surface area (TPSA) is 0 Å². The highest BCUT2D eigenvalue weighted by Crippen LogP contribution is 2.47. The number of hydrogen-bond donors (Lipinski definition) is 0. The van der Waals surface area contributed by atoms with Crippen molar-refractivity contribution in [3.8, 4) is 22.3 Å². The highest BCUT2D eigenvalue weighted by atomic mass is 14.2. The molecule has 0 heterocycles. The molecule has 38 heavy (non-hydrogen) atoms. The van der Waals surface area contributed by atoms with E-state index in [2.05, 4.69) is 141 Å². The number of benzene rings is 7. The molecule has 0 N–H and O–H groups in total. The standard InChI is InChI=1S/C38H30/c1-25(2)24-28-16-11-23-35-36(28)38(32-22-10-15-27-13-4-6-18-30(27)32)34-20-8-7-19-33(34)37(35)31-21-9-14-26-12-3-5-17-29(26)31/h3-23,25H,24H2,1-2H3. The lowest BCUT2D eigenvalue weighted by Crippen LogP contribution is -1.99. The van der Waals surface area contributed by atoms with Crippen LogP contribution in [0, 0.1) is 5.92 Å². The summed E-state index contributed by atoms with van der Waals surface area (Å²) in [6.45, 7) is 4.65. The lowest BCUT2D eigenvalue weighted by Gasteiger charge is -2.22. The van der Waals surface area contributed by atoms with Crippen LogP contribution in [0.5, 0.6) is 0 Å². The summed E-state index contributed by atoms with van der Waals surface area (Å²) in [6, 6.07) is 47.0. The summed E-state index contributed by atoms with van der Waals surface area (Å²) in [6.07, 6.45) is 1.04. The van der Waals surface area contributed by atoms with Gasteiger partial charge in [-0.05, 0) is 83.2 Å². The van der Waals surface area contributed by atoms with Gasteiger partial charge in [-0.2, -0.15) is 0 Å². The van der Waals surface area contributed by atoms with Crippen LogP contribution >= 0.6 is 0 Å². The monoisotopic (exact) mass is 486 g/mol. The molecule has 182 valence electrons. The van der Waals surface area contributed by atoms with E-state index in [0.29, 0.717) is 5.92 Å². The summed E-state index contributed by atoms with van der Waals surface area (Å²) >= 11 is 0. The van der Waals surface area contributed by atoms with Gasteiger partial charge >= 0.3 is 0 Å². The van der Waals surface area contributed by atoms with Crippen molar-refractivity contribution < 1.29 is 0 Å². The van der Waals surface area contributed by atoms with E-state index in [0.717, 1.165) is 6.42 Å². The molecule has 0 aliphatic rings. The molecule has 0 radical (unpaired) electrons. The molecule has 0 aliphatic heterocycles. The van der Waals surface area contributed by atoms with Gasteiger partial charge in [-0.1, -0.05) is 141 Å². The maximum atomic E-state index is 2.35. The molecule has 0 heteroatoms. The molecule has 7 aromatic rings. The summed E-state index contributed by atoms with van der Waals surface area (Å²) in [5, 5.41) is 10.5. The van der Waals surface area contributed by atoms with E-state index in [1.807, 2.05) is 0 Å². The molecule has 0 spiro atoms. The molecule has 7 aromatic carbocycles. The Morgan fingerprint density at radius 3 is 1.47 bits per heavy atom. The van der Waals surface area contributed by atoms with Gasteiger partial charge in [-0.25, -0.2) is 0 Å². The Hall–Kier alpha value is -4.42. The largest absolute Gasteiger partial charge is 0.0625 e. The Balaban J connectivity index is 1.73. The van der Waals surface area contributed by atoms with Crippen molar-refractivity contribution in [2.45, 2.75) is 20.3 Å². The van der Waals surface area contributed by atoms with Gasteiger partial charge in [0.15, 0.2) is 0 Å². The number of rotatable bonds is 4. The third kappa shape index (κ3) is 3.60. The van der Waals surface area contributed by atoms with Gasteiger partial charge in [0, 0.05) is 0 Å². The molecule has 0 nitrogen and oxygen atoms in total. The lowest BCUT2D eigenvalue weighted by atomic mass is 9.81. The first kappa shape index (κ1) is 22.8. The zero-order valence-electron chi connectivity index (χ0n) is 21.9. The van der Waals surface area contributed by atoms with Crippen LogP contribution in [0.4, 0.5) is 0 Å². The molecule has 0 aromatic heterocycles. The van der Waals surface area contributed by atoms with Crippen LogP contribution in [-0.2, 0) is 6.42 Å². The van der Waals surface area contributed by atoms with E-state index in [1.165, 1.54) is 70.9 Å². The minimum absolute atomic E-state index is 0.563. The Kier molecular flexibility index (Phi) is 5.48. The zero-order chi connectivity index (χ0) is 25.6. The fourth-order valence-electron chi connectivity index (χ4n) is 6.37. The van der Waals surface area contributed by atoms with Crippen molar-refractivity contribution in [2.75, 3.05) is 0 Å². The quantitative estimate of drug-likeness (QED) is 0.217. The first-order valence-corrected chi connectivity index (χ1v) is 13.6. The molecule has 0 saturated carbocycles. The Labute approximate surface area is 224 Å². The van der Waals surface area contributed by atoms with Crippen molar-refractivity contribution in [1.29, 1.82) is 0 Å². The molecule has 0 fully saturated rings. The summed E-state index contributed by atoms with van der Waals surface area (Å²) < 4.78 is 0.